The normalized spacial score (nSPS) is 18.4. The van der Waals surface area contributed by atoms with Gasteiger partial charge in [-0.2, -0.15) is 0 Å². The molecule has 1 saturated carbocycles. The lowest BCUT2D eigenvalue weighted by atomic mass is 9.92. The molecule has 3 aromatic rings. The number of nitrogens with one attached hydrogen (secondary N) is 1. The average Bonchev–Trinajstić information content (AvgIpc) is 3.24. The number of Topliss-reactive ketones (excluding diaryl/α,β-unsaturated/α-hetero) is 1. The zero-order valence-corrected chi connectivity index (χ0v) is 17.4. The molecule has 1 aliphatic heterocycles. The highest BCUT2D eigenvalue weighted by Crippen LogP contribution is 2.39. The number of amides is 1. The maximum atomic E-state index is 14.7. The van der Waals surface area contributed by atoms with Crippen LogP contribution in [0.25, 0.3) is 5.57 Å². The lowest BCUT2D eigenvalue weighted by Crippen LogP contribution is -2.39. The van der Waals surface area contributed by atoms with Crippen LogP contribution in [0.2, 0.25) is 0 Å². The van der Waals surface area contributed by atoms with Gasteiger partial charge in [0.25, 0.3) is 5.91 Å². The molecule has 5 nitrogen and oxygen atoms in total. The number of halogens is 2. The summed E-state index contributed by atoms with van der Waals surface area (Å²) in [4.78, 5) is 25.5. The number of nitrogens with zero attached hydrogens (tertiary/aromatic N) is 2. The maximum absolute atomic E-state index is 14.7. The van der Waals surface area contributed by atoms with Gasteiger partial charge in [-0.15, -0.1) is 0 Å². The number of fused-ring (bicyclic) bond motifs is 1. The minimum absolute atomic E-state index is 0.0225. The number of benzene rings is 2. The molecule has 0 bridgehead atoms. The molecule has 2 aliphatic rings. The van der Waals surface area contributed by atoms with Gasteiger partial charge in [0.05, 0.1) is 18.2 Å². The Hall–Kier alpha value is -3.74. The monoisotopic (exact) mass is 433 g/mol. The zero-order valence-electron chi connectivity index (χ0n) is 17.4. The largest absolute Gasteiger partial charge is 0.344 e. The SMILES string of the molecule is CC1=C(C(=O)N[C@H](c2cccc(F)c2)C2CC2=O)c2cccc(F)c2CN1n1cccc1. The first-order chi connectivity index (χ1) is 15.4. The van der Waals surface area contributed by atoms with Gasteiger partial charge in [0.2, 0.25) is 0 Å². The van der Waals surface area contributed by atoms with Crippen LogP contribution >= 0.6 is 0 Å². The molecule has 5 rings (SSSR count). The van der Waals surface area contributed by atoms with Crippen molar-refractivity contribution in [2.24, 2.45) is 5.92 Å². The summed E-state index contributed by atoms with van der Waals surface area (Å²) >= 11 is 0. The van der Waals surface area contributed by atoms with Crippen LogP contribution < -0.4 is 10.3 Å². The van der Waals surface area contributed by atoms with E-state index < -0.39 is 29.5 Å². The van der Waals surface area contributed by atoms with Crippen molar-refractivity contribution < 1.29 is 18.4 Å². The highest BCUT2D eigenvalue weighted by molar-refractivity contribution is 6.21. The number of ketones is 1. The molecule has 0 spiro atoms. The molecule has 0 saturated heterocycles. The Balaban J connectivity index is 1.56. The molecule has 2 atom stereocenters. The average molecular weight is 433 g/mol. The lowest BCUT2D eigenvalue weighted by molar-refractivity contribution is -0.116. The number of carbonyl (C=O) groups excluding carboxylic acids is 2. The number of hydrogen-bond donors (Lipinski definition) is 1. The molecule has 1 N–H and O–H groups in total. The smallest absolute Gasteiger partial charge is 0.254 e. The van der Waals surface area contributed by atoms with E-state index in [1.807, 2.05) is 36.5 Å². The van der Waals surface area contributed by atoms with E-state index in [1.165, 1.54) is 18.2 Å². The minimum Gasteiger partial charge on any atom is -0.344 e. The van der Waals surface area contributed by atoms with E-state index in [1.54, 1.807) is 28.9 Å². The topological polar surface area (TPSA) is 54.3 Å². The lowest BCUT2D eigenvalue weighted by Gasteiger charge is -2.34. The number of carbonyl (C=O) groups is 2. The van der Waals surface area contributed by atoms with Crippen molar-refractivity contribution in [2.75, 3.05) is 5.01 Å². The van der Waals surface area contributed by atoms with Gasteiger partial charge < -0.3 is 5.32 Å². The van der Waals surface area contributed by atoms with Crippen LogP contribution in [0.15, 0.2) is 72.7 Å². The summed E-state index contributed by atoms with van der Waals surface area (Å²) in [6.07, 6.45) is 3.98. The first-order valence-corrected chi connectivity index (χ1v) is 10.4. The van der Waals surface area contributed by atoms with Crippen LogP contribution in [-0.2, 0) is 16.1 Å². The number of aromatic nitrogens is 1. The summed E-state index contributed by atoms with van der Waals surface area (Å²) in [5, 5.41) is 4.76. The molecule has 32 heavy (non-hydrogen) atoms. The standard InChI is InChI=1S/C25H21F2N3O2/c1-15-23(18-8-5-9-21(27)20(18)14-30(15)29-10-2-3-11-29)25(32)28-24(19-13-22(19)31)16-6-4-7-17(26)12-16/h2-12,19,24H,13-14H2,1H3,(H,28,32)/t19?,24-/m1/s1. The number of hydrogen-bond acceptors (Lipinski definition) is 3. The molecule has 1 aromatic heterocycles. The molecule has 7 heteroatoms. The Labute approximate surface area is 183 Å². The van der Waals surface area contributed by atoms with Crippen molar-refractivity contribution in [3.63, 3.8) is 0 Å². The van der Waals surface area contributed by atoms with Gasteiger partial charge in [-0.25, -0.2) is 8.78 Å². The molecule has 2 heterocycles. The molecule has 1 amide bonds. The summed E-state index contributed by atoms with van der Waals surface area (Å²) in [7, 11) is 0. The summed E-state index contributed by atoms with van der Waals surface area (Å²) in [6, 6.07) is 13.6. The fraction of sp³-hybridized carbons (Fsp3) is 0.200. The molecule has 1 aliphatic carbocycles. The molecule has 2 aromatic carbocycles. The van der Waals surface area contributed by atoms with E-state index in [4.69, 9.17) is 0 Å². The molecule has 0 radical (unpaired) electrons. The molecule has 1 unspecified atom stereocenters. The van der Waals surface area contributed by atoms with Crippen molar-refractivity contribution in [3.05, 3.63) is 101 Å². The second-order valence-corrected chi connectivity index (χ2v) is 8.13. The zero-order chi connectivity index (χ0) is 22.4. The van der Waals surface area contributed by atoms with Crippen molar-refractivity contribution in [3.8, 4) is 0 Å². The van der Waals surface area contributed by atoms with E-state index in [0.29, 0.717) is 34.4 Å². The molecule has 1 fully saturated rings. The van der Waals surface area contributed by atoms with E-state index in [-0.39, 0.29) is 12.3 Å². The number of allylic oxidation sites excluding steroid dienone is 1. The van der Waals surface area contributed by atoms with Gasteiger partial charge in [-0.1, -0.05) is 24.3 Å². The van der Waals surface area contributed by atoms with E-state index >= 15 is 0 Å². The van der Waals surface area contributed by atoms with E-state index in [2.05, 4.69) is 5.32 Å². The van der Waals surface area contributed by atoms with Gasteiger partial charge in [0.15, 0.2) is 0 Å². The predicted molar refractivity (Wildman–Crippen MR) is 116 cm³/mol. The van der Waals surface area contributed by atoms with E-state index in [0.717, 1.165) is 0 Å². The van der Waals surface area contributed by atoms with Gasteiger partial charge >= 0.3 is 0 Å². The van der Waals surface area contributed by atoms with Gasteiger partial charge in [0, 0.05) is 36.0 Å². The van der Waals surface area contributed by atoms with Crippen LogP contribution in [0, 0.1) is 17.6 Å². The fourth-order valence-corrected chi connectivity index (χ4v) is 4.36. The highest BCUT2D eigenvalue weighted by Gasteiger charge is 2.44. The van der Waals surface area contributed by atoms with Crippen LogP contribution in [0.5, 0.6) is 0 Å². The van der Waals surface area contributed by atoms with Crippen LogP contribution in [0.4, 0.5) is 8.78 Å². The van der Waals surface area contributed by atoms with Gasteiger partial charge in [0.1, 0.15) is 17.4 Å². The minimum atomic E-state index is -0.648. The summed E-state index contributed by atoms with van der Waals surface area (Å²) in [6.45, 7) is 2.08. The fourth-order valence-electron chi connectivity index (χ4n) is 4.36. The maximum Gasteiger partial charge on any atom is 0.254 e. The Morgan fingerprint density at radius 2 is 1.81 bits per heavy atom. The van der Waals surface area contributed by atoms with Crippen molar-refractivity contribution >= 4 is 17.3 Å². The van der Waals surface area contributed by atoms with E-state index in [9.17, 15) is 18.4 Å². The third-order valence-electron chi connectivity index (χ3n) is 6.11. The number of rotatable bonds is 5. The molecular formula is C25H21F2N3O2. The molecular weight excluding hydrogens is 412 g/mol. The highest BCUT2D eigenvalue weighted by atomic mass is 19.1. The molecule has 162 valence electrons. The predicted octanol–water partition coefficient (Wildman–Crippen LogP) is 4.10. The second kappa shape index (κ2) is 7.75. The van der Waals surface area contributed by atoms with Crippen molar-refractivity contribution in [1.29, 1.82) is 0 Å². The Bertz CT molecular complexity index is 1250. The summed E-state index contributed by atoms with van der Waals surface area (Å²) in [5.74, 6) is -1.63. The first kappa shape index (κ1) is 20.2. The first-order valence-electron chi connectivity index (χ1n) is 10.4. The van der Waals surface area contributed by atoms with Crippen molar-refractivity contribution in [1.82, 2.24) is 9.99 Å². The van der Waals surface area contributed by atoms with Crippen molar-refractivity contribution in [2.45, 2.75) is 25.9 Å². The summed E-state index contributed by atoms with van der Waals surface area (Å²) < 4.78 is 30.4. The summed E-state index contributed by atoms with van der Waals surface area (Å²) in [5.41, 5.74) is 2.45. The Kier molecular flexibility index (Phi) is 4.89. The second-order valence-electron chi connectivity index (χ2n) is 8.13. The Morgan fingerprint density at radius 3 is 2.50 bits per heavy atom. The van der Waals surface area contributed by atoms with Crippen LogP contribution in [0.1, 0.15) is 36.1 Å². The van der Waals surface area contributed by atoms with Gasteiger partial charge in [-0.05, 0) is 48.4 Å². The third kappa shape index (κ3) is 3.49. The van der Waals surface area contributed by atoms with Gasteiger partial charge in [-0.3, -0.25) is 19.3 Å². The van der Waals surface area contributed by atoms with Crippen LogP contribution in [0.3, 0.4) is 0 Å². The Morgan fingerprint density at radius 1 is 1.09 bits per heavy atom. The quantitative estimate of drug-likeness (QED) is 0.659. The van der Waals surface area contributed by atoms with Crippen LogP contribution in [-0.4, -0.2) is 16.4 Å². The third-order valence-corrected chi connectivity index (χ3v) is 6.11.